The number of aliphatic hydroxyl groups excluding tert-OH is 1. The van der Waals surface area contributed by atoms with E-state index in [1.165, 1.54) is 0 Å². The number of amides is 3. The van der Waals surface area contributed by atoms with Crippen molar-refractivity contribution in [1.29, 1.82) is 0 Å². The molecule has 2 heterocycles. The van der Waals surface area contributed by atoms with Gasteiger partial charge >= 0.3 is 0 Å². The lowest BCUT2D eigenvalue weighted by atomic mass is 10.0. The summed E-state index contributed by atoms with van der Waals surface area (Å²) in [4.78, 5) is 37.9. The molecule has 0 radical (unpaired) electrons. The number of nitrogens with one attached hydrogen (secondary N) is 2. The van der Waals surface area contributed by atoms with Gasteiger partial charge in [0.15, 0.2) is 0 Å². The fraction of sp³-hybridized carbons (Fsp3) is 0.348. The number of nitrogens with zero attached hydrogens (tertiary/aromatic N) is 1. The van der Waals surface area contributed by atoms with Gasteiger partial charge in [-0.15, -0.1) is 0 Å². The van der Waals surface area contributed by atoms with Crippen molar-refractivity contribution < 1.29 is 19.5 Å². The fourth-order valence-corrected chi connectivity index (χ4v) is 4.10. The molecule has 7 nitrogen and oxygen atoms in total. The minimum atomic E-state index is -0.603. The Bertz CT molecular complexity index is 960. The molecule has 1 unspecified atom stereocenters. The molecule has 0 aromatic heterocycles. The topological polar surface area (TPSA) is 98.7 Å². The van der Waals surface area contributed by atoms with Crippen LogP contribution in [0.4, 0.5) is 0 Å². The molecular formula is C23H25N3O4. The number of rotatable bonds is 7. The summed E-state index contributed by atoms with van der Waals surface area (Å²) >= 11 is 0. The highest BCUT2D eigenvalue weighted by atomic mass is 16.3. The second kappa shape index (κ2) is 8.77. The summed E-state index contributed by atoms with van der Waals surface area (Å²) in [6.07, 6.45) is 1.33. The molecule has 2 aromatic carbocycles. The van der Waals surface area contributed by atoms with Gasteiger partial charge in [-0.2, -0.15) is 0 Å². The summed E-state index contributed by atoms with van der Waals surface area (Å²) in [6.45, 7) is 0.960. The molecule has 7 heteroatoms. The predicted molar refractivity (Wildman–Crippen MR) is 110 cm³/mol. The van der Waals surface area contributed by atoms with Crippen molar-refractivity contribution >= 4 is 17.7 Å². The first-order valence-corrected chi connectivity index (χ1v) is 10.2. The van der Waals surface area contributed by atoms with Gasteiger partial charge in [0.25, 0.3) is 5.91 Å². The largest absolute Gasteiger partial charge is 0.395 e. The molecule has 1 fully saturated rings. The number of hydrogen-bond donors (Lipinski definition) is 3. The number of carbonyl (C=O) groups excluding carboxylic acids is 3. The summed E-state index contributed by atoms with van der Waals surface area (Å²) in [6, 6.07) is 15.0. The first kappa shape index (κ1) is 20.3. The zero-order valence-electron chi connectivity index (χ0n) is 16.6. The van der Waals surface area contributed by atoms with Crippen molar-refractivity contribution in [3.8, 4) is 0 Å². The molecule has 0 bridgehead atoms. The van der Waals surface area contributed by atoms with Gasteiger partial charge < -0.3 is 15.3 Å². The number of fused-ring (bicyclic) bond motifs is 1. The molecule has 0 aliphatic carbocycles. The normalized spacial score (nSPS) is 19.6. The van der Waals surface area contributed by atoms with Crippen LogP contribution in [0.2, 0.25) is 0 Å². The number of aliphatic hydroxyl groups is 1. The smallest absolute Gasteiger partial charge is 0.255 e. The van der Waals surface area contributed by atoms with E-state index in [1.807, 2.05) is 42.5 Å². The van der Waals surface area contributed by atoms with E-state index in [4.69, 9.17) is 0 Å². The monoisotopic (exact) mass is 407 g/mol. The van der Waals surface area contributed by atoms with Crippen LogP contribution in [0.3, 0.4) is 0 Å². The maximum absolute atomic E-state index is 12.8. The lowest BCUT2D eigenvalue weighted by Crippen LogP contribution is -2.52. The first-order valence-electron chi connectivity index (χ1n) is 10.2. The summed E-state index contributed by atoms with van der Waals surface area (Å²) in [5.74, 6) is -0.861. The first-order chi connectivity index (χ1) is 14.5. The third-order valence-corrected chi connectivity index (χ3v) is 5.73. The highest BCUT2D eigenvalue weighted by Gasteiger charge is 2.39. The number of benzene rings is 2. The Labute approximate surface area is 175 Å². The zero-order valence-corrected chi connectivity index (χ0v) is 16.6. The van der Waals surface area contributed by atoms with E-state index < -0.39 is 11.9 Å². The number of hydrogen-bond acceptors (Lipinski definition) is 5. The number of piperidine rings is 1. The van der Waals surface area contributed by atoms with Gasteiger partial charge in [-0.05, 0) is 35.6 Å². The van der Waals surface area contributed by atoms with Crippen molar-refractivity contribution in [3.05, 3.63) is 70.8 Å². The average molecular weight is 407 g/mol. The van der Waals surface area contributed by atoms with Crippen LogP contribution in [0.15, 0.2) is 48.5 Å². The van der Waals surface area contributed by atoms with Crippen molar-refractivity contribution in [1.82, 2.24) is 15.5 Å². The molecule has 1 saturated heterocycles. The summed E-state index contributed by atoms with van der Waals surface area (Å²) in [5.41, 5.74) is 3.65. The van der Waals surface area contributed by atoms with Crippen LogP contribution in [0.1, 0.15) is 39.9 Å². The summed E-state index contributed by atoms with van der Waals surface area (Å²) < 4.78 is 0. The highest BCUT2D eigenvalue weighted by Crippen LogP contribution is 2.28. The molecular weight excluding hydrogens is 382 g/mol. The third kappa shape index (κ3) is 4.27. The Balaban J connectivity index is 1.40. The quantitative estimate of drug-likeness (QED) is 0.598. The van der Waals surface area contributed by atoms with E-state index in [0.29, 0.717) is 25.1 Å². The van der Waals surface area contributed by atoms with E-state index in [2.05, 4.69) is 10.6 Å². The zero-order chi connectivity index (χ0) is 21.1. The van der Waals surface area contributed by atoms with Gasteiger partial charge in [-0.1, -0.05) is 42.5 Å². The maximum Gasteiger partial charge on any atom is 0.255 e. The second-order valence-electron chi connectivity index (χ2n) is 7.84. The van der Waals surface area contributed by atoms with Gasteiger partial charge in [-0.3, -0.25) is 19.7 Å². The molecule has 3 N–H and O–H groups in total. The fourth-order valence-electron chi connectivity index (χ4n) is 4.10. The van der Waals surface area contributed by atoms with E-state index in [1.54, 1.807) is 11.0 Å². The Morgan fingerprint density at radius 1 is 1.10 bits per heavy atom. The molecule has 2 atom stereocenters. The summed E-state index contributed by atoms with van der Waals surface area (Å²) in [5, 5.41) is 15.4. The molecule has 2 aliphatic heterocycles. The Kier molecular flexibility index (Phi) is 5.92. The standard InChI is InChI=1S/C23H25N3O4/c27-14-18(11-15-4-2-1-3-5-15)24-12-16-6-7-19-17(10-16)13-26(23(19)30)20-8-9-21(28)25-22(20)29/h1-7,10,18,20,24,27H,8-9,11-14H2,(H,25,28,29)/t18-,20?/m0/s1. The van der Waals surface area contributed by atoms with Crippen LogP contribution in [0, 0.1) is 0 Å². The Morgan fingerprint density at radius 2 is 1.90 bits per heavy atom. The van der Waals surface area contributed by atoms with Crippen LogP contribution in [0.25, 0.3) is 0 Å². The van der Waals surface area contributed by atoms with Gasteiger partial charge in [-0.25, -0.2) is 0 Å². The average Bonchev–Trinajstić information content (AvgIpc) is 3.07. The molecule has 0 saturated carbocycles. The van der Waals surface area contributed by atoms with Gasteiger partial charge in [0.05, 0.1) is 6.61 Å². The van der Waals surface area contributed by atoms with E-state index in [9.17, 15) is 19.5 Å². The van der Waals surface area contributed by atoms with Crippen molar-refractivity contribution in [2.75, 3.05) is 6.61 Å². The molecule has 0 spiro atoms. The third-order valence-electron chi connectivity index (χ3n) is 5.73. The summed E-state index contributed by atoms with van der Waals surface area (Å²) in [7, 11) is 0. The SMILES string of the molecule is O=C1CCC(N2Cc3cc(CN[C@H](CO)Cc4ccccc4)ccc3C2=O)C(=O)N1. The minimum Gasteiger partial charge on any atom is -0.395 e. The maximum atomic E-state index is 12.8. The molecule has 2 aliphatic rings. The number of carbonyl (C=O) groups is 3. The van der Waals surface area contributed by atoms with Crippen LogP contribution in [0.5, 0.6) is 0 Å². The van der Waals surface area contributed by atoms with Crippen LogP contribution >= 0.6 is 0 Å². The molecule has 30 heavy (non-hydrogen) atoms. The van der Waals surface area contributed by atoms with Crippen LogP contribution in [-0.4, -0.2) is 46.4 Å². The predicted octanol–water partition coefficient (Wildman–Crippen LogP) is 1.14. The minimum absolute atomic E-state index is 0.0294. The lowest BCUT2D eigenvalue weighted by Gasteiger charge is -2.29. The van der Waals surface area contributed by atoms with E-state index in [-0.39, 0.29) is 30.9 Å². The Hall–Kier alpha value is -3.03. The van der Waals surface area contributed by atoms with Crippen molar-refractivity contribution in [2.45, 2.75) is 44.4 Å². The van der Waals surface area contributed by atoms with Gasteiger partial charge in [0.2, 0.25) is 11.8 Å². The van der Waals surface area contributed by atoms with Crippen LogP contribution < -0.4 is 10.6 Å². The lowest BCUT2D eigenvalue weighted by molar-refractivity contribution is -0.136. The Morgan fingerprint density at radius 3 is 2.63 bits per heavy atom. The van der Waals surface area contributed by atoms with E-state index in [0.717, 1.165) is 23.1 Å². The molecule has 4 rings (SSSR count). The van der Waals surface area contributed by atoms with Crippen molar-refractivity contribution in [2.24, 2.45) is 0 Å². The molecule has 2 aromatic rings. The number of imide groups is 1. The molecule has 3 amide bonds. The molecule has 156 valence electrons. The van der Waals surface area contributed by atoms with Crippen LogP contribution in [-0.2, 0) is 29.1 Å². The van der Waals surface area contributed by atoms with E-state index >= 15 is 0 Å². The van der Waals surface area contributed by atoms with Gasteiger partial charge in [0, 0.05) is 31.1 Å². The second-order valence-corrected chi connectivity index (χ2v) is 7.84. The highest BCUT2D eigenvalue weighted by molar-refractivity contribution is 6.05. The van der Waals surface area contributed by atoms with Gasteiger partial charge in [0.1, 0.15) is 6.04 Å². The van der Waals surface area contributed by atoms with Crippen molar-refractivity contribution in [3.63, 3.8) is 0 Å².